The summed E-state index contributed by atoms with van der Waals surface area (Å²) in [6, 6.07) is 14.4. The van der Waals surface area contributed by atoms with Crippen LogP contribution in [-0.2, 0) is 4.79 Å². The van der Waals surface area contributed by atoms with E-state index in [0.717, 1.165) is 5.69 Å². The molecule has 2 amide bonds. The minimum absolute atomic E-state index is 0.240. The average Bonchev–Trinajstić information content (AvgIpc) is 2.65. The lowest BCUT2D eigenvalue weighted by Gasteiger charge is -2.19. The predicted molar refractivity (Wildman–Crippen MR) is 99.3 cm³/mol. The topological polar surface area (TPSA) is 86.7 Å². The van der Waals surface area contributed by atoms with E-state index >= 15 is 0 Å². The van der Waals surface area contributed by atoms with Crippen LogP contribution in [0.1, 0.15) is 34.6 Å². The monoisotopic (exact) mass is 354 g/mol. The average molecular weight is 354 g/mol. The van der Waals surface area contributed by atoms with Crippen molar-refractivity contribution in [3.05, 3.63) is 65.7 Å². The zero-order valence-corrected chi connectivity index (χ0v) is 15.0. The second-order valence-electron chi connectivity index (χ2n) is 6.31. The van der Waals surface area contributed by atoms with Gasteiger partial charge in [-0.1, -0.05) is 38.1 Å². The number of carbonyl (C=O) groups is 3. The molecule has 0 radical (unpaired) electrons. The molecule has 26 heavy (non-hydrogen) atoms. The first-order valence-electron chi connectivity index (χ1n) is 8.28. The van der Waals surface area contributed by atoms with Gasteiger partial charge in [0.15, 0.2) is 0 Å². The number of carboxylic acids is 1. The number of carbonyl (C=O) groups excluding carboxylic acids is 2. The van der Waals surface area contributed by atoms with E-state index in [-0.39, 0.29) is 17.4 Å². The van der Waals surface area contributed by atoms with Crippen LogP contribution in [0.15, 0.2) is 54.6 Å². The van der Waals surface area contributed by atoms with Gasteiger partial charge in [-0.15, -0.1) is 0 Å². The van der Waals surface area contributed by atoms with Crippen molar-refractivity contribution in [2.45, 2.75) is 19.9 Å². The fourth-order valence-electron chi connectivity index (χ4n) is 2.49. The number of carboxylic acid groups (broad SMARTS) is 1. The van der Waals surface area contributed by atoms with Crippen LogP contribution in [0.5, 0.6) is 0 Å². The molecule has 0 saturated heterocycles. The second kappa shape index (κ2) is 8.29. The fraction of sp³-hybridized carbons (Fsp3) is 0.250. The van der Waals surface area contributed by atoms with Crippen molar-refractivity contribution in [3.63, 3.8) is 0 Å². The molecule has 0 aliphatic carbocycles. The number of para-hydroxylation sites is 1. The molecule has 6 heteroatoms. The Morgan fingerprint density at radius 2 is 1.58 bits per heavy atom. The maximum Gasteiger partial charge on any atom is 0.326 e. The third kappa shape index (κ3) is 4.47. The highest BCUT2D eigenvalue weighted by Gasteiger charge is 2.24. The smallest absolute Gasteiger partial charge is 0.326 e. The van der Waals surface area contributed by atoms with E-state index in [2.05, 4.69) is 5.32 Å². The van der Waals surface area contributed by atoms with Gasteiger partial charge in [0.1, 0.15) is 6.04 Å². The van der Waals surface area contributed by atoms with Crippen molar-refractivity contribution < 1.29 is 19.5 Å². The van der Waals surface area contributed by atoms with Crippen LogP contribution in [0.3, 0.4) is 0 Å². The number of hydrogen-bond acceptors (Lipinski definition) is 3. The minimum atomic E-state index is -1.09. The summed E-state index contributed by atoms with van der Waals surface area (Å²) in [5.74, 6) is -2.14. The molecule has 0 unspecified atom stereocenters. The molecule has 0 spiro atoms. The largest absolute Gasteiger partial charge is 0.480 e. The number of nitrogens with one attached hydrogen (secondary N) is 1. The molecule has 0 aromatic heterocycles. The third-order valence-electron chi connectivity index (χ3n) is 4.04. The van der Waals surface area contributed by atoms with Gasteiger partial charge in [-0.05, 0) is 36.2 Å². The van der Waals surface area contributed by atoms with Crippen LogP contribution >= 0.6 is 0 Å². The first kappa shape index (κ1) is 19.2. The molecule has 0 aliphatic heterocycles. The first-order chi connectivity index (χ1) is 12.3. The lowest BCUT2D eigenvalue weighted by molar-refractivity contribution is -0.140. The number of hydrogen-bond donors (Lipinski definition) is 2. The van der Waals surface area contributed by atoms with E-state index in [1.807, 2.05) is 30.3 Å². The molecule has 2 aromatic carbocycles. The molecule has 0 aliphatic rings. The Hall–Kier alpha value is -3.15. The van der Waals surface area contributed by atoms with Gasteiger partial charge < -0.3 is 15.3 Å². The number of aliphatic carboxylic acids is 1. The fourth-order valence-corrected chi connectivity index (χ4v) is 2.49. The van der Waals surface area contributed by atoms with Crippen LogP contribution in [0.25, 0.3) is 0 Å². The van der Waals surface area contributed by atoms with Gasteiger partial charge >= 0.3 is 5.97 Å². The van der Waals surface area contributed by atoms with Gasteiger partial charge in [-0.3, -0.25) is 9.59 Å². The van der Waals surface area contributed by atoms with E-state index in [1.165, 1.54) is 11.0 Å². The highest BCUT2D eigenvalue weighted by atomic mass is 16.4. The molecular formula is C20H22N2O4. The molecule has 0 bridgehead atoms. The van der Waals surface area contributed by atoms with Crippen molar-refractivity contribution in [2.24, 2.45) is 5.92 Å². The van der Waals surface area contributed by atoms with Crippen LogP contribution in [-0.4, -0.2) is 36.0 Å². The summed E-state index contributed by atoms with van der Waals surface area (Å²) in [5.41, 5.74) is 1.32. The van der Waals surface area contributed by atoms with E-state index in [9.17, 15) is 19.5 Å². The highest BCUT2D eigenvalue weighted by molar-refractivity contribution is 6.07. The Balaban J connectivity index is 2.20. The first-order valence-corrected chi connectivity index (χ1v) is 8.28. The quantitative estimate of drug-likeness (QED) is 0.835. The summed E-state index contributed by atoms with van der Waals surface area (Å²) in [6.07, 6.45) is 0. The summed E-state index contributed by atoms with van der Waals surface area (Å²) in [7, 11) is 1.66. The van der Waals surface area contributed by atoms with E-state index < -0.39 is 17.9 Å². The maximum atomic E-state index is 12.7. The molecule has 2 N–H and O–H groups in total. The molecule has 6 nitrogen and oxygen atoms in total. The van der Waals surface area contributed by atoms with Gasteiger partial charge in [0.05, 0.1) is 0 Å². The molecular weight excluding hydrogens is 332 g/mol. The van der Waals surface area contributed by atoms with Crippen LogP contribution in [0, 0.1) is 5.92 Å². The maximum absolute atomic E-state index is 12.7. The lowest BCUT2D eigenvalue weighted by Crippen LogP contribution is -2.44. The third-order valence-corrected chi connectivity index (χ3v) is 4.04. The van der Waals surface area contributed by atoms with E-state index in [4.69, 9.17) is 0 Å². The van der Waals surface area contributed by atoms with Gasteiger partial charge in [-0.2, -0.15) is 0 Å². The van der Waals surface area contributed by atoms with Gasteiger partial charge in [0.2, 0.25) is 0 Å². The molecule has 2 aromatic rings. The summed E-state index contributed by atoms with van der Waals surface area (Å²) in [5, 5.41) is 11.7. The molecule has 136 valence electrons. The normalized spacial score (nSPS) is 11.7. The van der Waals surface area contributed by atoms with E-state index in [1.54, 1.807) is 39.1 Å². The zero-order chi connectivity index (χ0) is 19.3. The van der Waals surface area contributed by atoms with Crippen molar-refractivity contribution in [2.75, 3.05) is 11.9 Å². The van der Waals surface area contributed by atoms with Gasteiger partial charge in [0.25, 0.3) is 11.8 Å². The summed E-state index contributed by atoms with van der Waals surface area (Å²) < 4.78 is 0. The summed E-state index contributed by atoms with van der Waals surface area (Å²) >= 11 is 0. The second-order valence-corrected chi connectivity index (χ2v) is 6.31. The Morgan fingerprint density at radius 1 is 0.962 bits per heavy atom. The highest BCUT2D eigenvalue weighted by Crippen LogP contribution is 2.16. The molecule has 0 heterocycles. The number of benzene rings is 2. The number of nitrogens with zero attached hydrogens (tertiary/aromatic N) is 1. The van der Waals surface area contributed by atoms with Gasteiger partial charge in [0, 0.05) is 23.9 Å². The molecule has 2 rings (SSSR count). The van der Waals surface area contributed by atoms with Crippen LogP contribution in [0.4, 0.5) is 5.69 Å². The van der Waals surface area contributed by atoms with Crippen LogP contribution in [0.2, 0.25) is 0 Å². The molecule has 0 fully saturated rings. The number of amides is 2. The number of anilines is 1. The summed E-state index contributed by atoms with van der Waals surface area (Å²) in [6.45, 7) is 3.43. The van der Waals surface area contributed by atoms with Crippen LogP contribution < -0.4 is 10.2 Å². The van der Waals surface area contributed by atoms with Crippen molar-refractivity contribution in [1.82, 2.24) is 5.32 Å². The van der Waals surface area contributed by atoms with Crippen molar-refractivity contribution in [3.8, 4) is 0 Å². The van der Waals surface area contributed by atoms with Gasteiger partial charge in [-0.25, -0.2) is 4.79 Å². The lowest BCUT2D eigenvalue weighted by atomic mass is 10.0. The Morgan fingerprint density at radius 3 is 2.15 bits per heavy atom. The summed E-state index contributed by atoms with van der Waals surface area (Å²) in [4.78, 5) is 37.8. The molecule has 1 atom stereocenters. The Bertz CT molecular complexity index is 802. The van der Waals surface area contributed by atoms with E-state index in [0.29, 0.717) is 5.56 Å². The zero-order valence-electron chi connectivity index (χ0n) is 15.0. The SMILES string of the molecule is CC(C)[C@H](NC(=O)c1cccc(C(=O)N(C)c2ccccc2)c1)C(=O)O. The Labute approximate surface area is 152 Å². The standard InChI is InChI=1S/C20H22N2O4/c1-13(2)17(20(25)26)21-18(23)14-8-7-9-15(12-14)19(24)22(3)16-10-5-4-6-11-16/h4-13,17H,1-3H3,(H,21,23)(H,25,26)/t17-/m0/s1. The predicted octanol–water partition coefficient (Wildman–Crippen LogP) is 2.80. The molecule has 0 saturated carbocycles. The van der Waals surface area contributed by atoms with Crippen molar-refractivity contribution >= 4 is 23.5 Å². The number of rotatable bonds is 6. The minimum Gasteiger partial charge on any atom is -0.480 e. The Kier molecular flexibility index (Phi) is 6.11. The van der Waals surface area contributed by atoms with Crippen molar-refractivity contribution in [1.29, 1.82) is 0 Å².